The van der Waals surface area contributed by atoms with E-state index in [2.05, 4.69) is 4.99 Å². The second-order valence-electron chi connectivity index (χ2n) is 5.25. The third-order valence-electron chi connectivity index (χ3n) is 3.77. The van der Waals surface area contributed by atoms with E-state index in [4.69, 9.17) is 9.84 Å². The quantitative estimate of drug-likeness (QED) is 0.590. The van der Waals surface area contributed by atoms with Crippen LogP contribution in [0.3, 0.4) is 0 Å². The molecule has 3 N–H and O–H groups in total. The molecule has 114 valence electrons. The van der Waals surface area contributed by atoms with Crippen molar-refractivity contribution in [1.82, 2.24) is 4.90 Å². The Hall–Kier alpha value is -0.480. The van der Waals surface area contributed by atoms with Crippen molar-refractivity contribution >= 4 is 16.9 Å². The molecule has 20 heavy (non-hydrogen) atoms. The fourth-order valence-corrected chi connectivity index (χ4v) is 3.87. The number of ether oxygens (including phenoxy) is 1. The first-order valence-corrected chi connectivity index (χ1v) is 7.29. The van der Waals surface area contributed by atoms with Crippen molar-refractivity contribution in [1.29, 1.82) is 0 Å². The molecule has 5 unspecified atom stereocenters. The number of halogens is 2. The molecule has 5 atom stereocenters. The summed E-state index contributed by atoms with van der Waals surface area (Å²) in [5.74, 6) is -2.72. The molecule has 0 aromatic heterocycles. The number of nitrogens with zero attached hydrogens (tertiary/aromatic N) is 2. The van der Waals surface area contributed by atoms with Crippen LogP contribution in [0.5, 0.6) is 0 Å². The lowest BCUT2D eigenvalue weighted by molar-refractivity contribution is -0.164. The first kappa shape index (κ1) is 14.5. The van der Waals surface area contributed by atoms with Crippen LogP contribution in [-0.2, 0) is 4.74 Å². The molecule has 6 nitrogen and oxygen atoms in total. The highest BCUT2D eigenvalue weighted by molar-refractivity contribution is 8.14. The number of hydrogen-bond donors (Lipinski definition) is 3. The molecule has 0 amide bonds. The number of hydrogen-bond acceptors (Lipinski definition) is 7. The van der Waals surface area contributed by atoms with Crippen molar-refractivity contribution in [3.8, 4) is 0 Å². The van der Waals surface area contributed by atoms with Gasteiger partial charge in [0.25, 0.3) is 5.92 Å². The van der Waals surface area contributed by atoms with Gasteiger partial charge in [0, 0.05) is 13.0 Å². The first-order valence-electron chi connectivity index (χ1n) is 6.41. The van der Waals surface area contributed by atoms with Crippen LogP contribution in [0.2, 0.25) is 0 Å². The van der Waals surface area contributed by atoms with E-state index in [1.54, 1.807) is 0 Å². The first-order chi connectivity index (χ1) is 9.41. The Balaban J connectivity index is 1.73. The highest BCUT2D eigenvalue weighted by Gasteiger charge is 2.50. The molecule has 2 fully saturated rings. The van der Waals surface area contributed by atoms with Gasteiger partial charge in [-0.2, -0.15) is 0 Å². The molecule has 0 spiro atoms. The summed E-state index contributed by atoms with van der Waals surface area (Å²) < 4.78 is 31.9. The molecule has 0 aromatic rings. The third kappa shape index (κ3) is 2.41. The van der Waals surface area contributed by atoms with E-state index in [1.165, 1.54) is 4.90 Å². The molecule has 3 aliphatic rings. The van der Waals surface area contributed by atoms with E-state index >= 15 is 0 Å². The van der Waals surface area contributed by atoms with Crippen LogP contribution < -0.4 is 0 Å². The third-order valence-corrected chi connectivity index (χ3v) is 4.97. The van der Waals surface area contributed by atoms with Crippen molar-refractivity contribution < 1.29 is 28.8 Å². The van der Waals surface area contributed by atoms with Crippen LogP contribution in [0.4, 0.5) is 8.78 Å². The van der Waals surface area contributed by atoms with Gasteiger partial charge in [0.2, 0.25) is 0 Å². The fourth-order valence-electron chi connectivity index (χ4n) is 2.62. The minimum absolute atomic E-state index is 0.209. The Bertz CT molecular complexity index is 425. The summed E-state index contributed by atoms with van der Waals surface area (Å²) in [6.45, 7) is -0.597. The second kappa shape index (κ2) is 5.06. The largest absolute Gasteiger partial charge is 0.394 e. The molecular formula is C11H16F2N2O4S. The minimum Gasteiger partial charge on any atom is -0.394 e. The Kier molecular flexibility index (Phi) is 3.66. The van der Waals surface area contributed by atoms with E-state index < -0.39 is 42.3 Å². The summed E-state index contributed by atoms with van der Waals surface area (Å²) in [6, 6.07) is -0.693. The molecule has 0 aliphatic carbocycles. The Labute approximate surface area is 118 Å². The number of amidine groups is 1. The van der Waals surface area contributed by atoms with Gasteiger partial charge < -0.3 is 25.0 Å². The summed E-state index contributed by atoms with van der Waals surface area (Å²) in [4.78, 5) is 5.68. The van der Waals surface area contributed by atoms with Gasteiger partial charge in [0.05, 0.1) is 13.2 Å². The average Bonchev–Trinajstić information content (AvgIpc) is 2.97. The maximum atomic E-state index is 13.2. The maximum Gasteiger partial charge on any atom is 0.267 e. The van der Waals surface area contributed by atoms with Crippen molar-refractivity contribution in [3.63, 3.8) is 0 Å². The zero-order valence-electron chi connectivity index (χ0n) is 10.5. The summed E-state index contributed by atoms with van der Waals surface area (Å²) >= 11 is 1.16. The number of likely N-dealkylation sites (tertiary alicyclic amines) is 1. The molecule has 0 radical (unpaired) electrons. The van der Waals surface area contributed by atoms with Crippen LogP contribution >= 0.6 is 11.8 Å². The van der Waals surface area contributed by atoms with Gasteiger partial charge in [-0.15, -0.1) is 0 Å². The fraction of sp³-hybridized carbons (Fsp3) is 0.909. The van der Waals surface area contributed by atoms with Gasteiger partial charge in [-0.25, -0.2) is 8.78 Å². The highest BCUT2D eigenvalue weighted by Crippen LogP contribution is 2.39. The van der Waals surface area contributed by atoms with E-state index in [0.717, 1.165) is 11.8 Å². The molecule has 9 heteroatoms. The van der Waals surface area contributed by atoms with Crippen molar-refractivity contribution in [2.75, 3.05) is 19.7 Å². The van der Waals surface area contributed by atoms with Gasteiger partial charge >= 0.3 is 0 Å². The van der Waals surface area contributed by atoms with Crippen LogP contribution in [-0.4, -0.2) is 80.8 Å². The molecule has 3 rings (SSSR count). The zero-order valence-corrected chi connectivity index (χ0v) is 11.3. The predicted octanol–water partition coefficient (Wildman–Crippen LogP) is -0.762. The Morgan fingerprint density at radius 3 is 2.75 bits per heavy atom. The van der Waals surface area contributed by atoms with Gasteiger partial charge in [-0.05, 0) is 0 Å². The number of rotatable bonds is 1. The lowest BCUT2D eigenvalue weighted by atomic mass is 9.99. The van der Waals surface area contributed by atoms with E-state index in [-0.39, 0.29) is 19.5 Å². The van der Waals surface area contributed by atoms with Crippen LogP contribution in [0, 0.1) is 0 Å². The Morgan fingerprint density at radius 1 is 1.40 bits per heavy atom. The summed E-state index contributed by atoms with van der Waals surface area (Å²) in [6.07, 6.45) is -3.50. The number of fused-ring (bicyclic) bond motifs is 1. The van der Waals surface area contributed by atoms with Crippen molar-refractivity contribution in [2.24, 2.45) is 4.99 Å². The topological polar surface area (TPSA) is 85.5 Å². The number of aliphatic hydroxyl groups excluding tert-OH is 3. The minimum atomic E-state index is -2.72. The van der Waals surface area contributed by atoms with Gasteiger partial charge in [0.1, 0.15) is 29.8 Å². The average molecular weight is 310 g/mol. The van der Waals surface area contributed by atoms with Crippen molar-refractivity contribution in [2.45, 2.75) is 42.1 Å². The summed E-state index contributed by atoms with van der Waals surface area (Å²) in [5, 5.41) is 29.3. The van der Waals surface area contributed by atoms with Crippen LogP contribution in [0.25, 0.3) is 0 Å². The smallest absolute Gasteiger partial charge is 0.267 e. The molecule has 3 heterocycles. The van der Waals surface area contributed by atoms with E-state index in [9.17, 15) is 19.0 Å². The lowest BCUT2D eigenvalue weighted by Gasteiger charge is -2.37. The molecule has 0 aromatic carbocycles. The van der Waals surface area contributed by atoms with Gasteiger partial charge in [-0.1, -0.05) is 11.8 Å². The van der Waals surface area contributed by atoms with Crippen LogP contribution in [0.1, 0.15) is 6.42 Å². The number of alkyl halides is 2. The standard InChI is InChI=1S/C11H16F2N2O4S/c12-11(13)1-2-15(4-11)10-14-6-8(18)7(17)5(3-16)19-9(6)20-10/h5-9,16-18H,1-4H2. The molecule has 2 saturated heterocycles. The summed E-state index contributed by atoms with van der Waals surface area (Å²) in [5.41, 5.74) is -0.560. The summed E-state index contributed by atoms with van der Waals surface area (Å²) in [7, 11) is 0. The molecule has 0 saturated carbocycles. The SMILES string of the molecule is OCC1OC2SC(N3CCC(F)(F)C3)=NC2C(O)C1O. The van der Waals surface area contributed by atoms with E-state index in [0.29, 0.717) is 5.17 Å². The number of aliphatic hydroxyl groups is 3. The molecular weight excluding hydrogens is 294 g/mol. The van der Waals surface area contributed by atoms with Gasteiger partial charge in [-0.3, -0.25) is 4.99 Å². The lowest BCUT2D eigenvalue weighted by Crippen LogP contribution is -2.55. The second-order valence-corrected chi connectivity index (χ2v) is 6.32. The zero-order chi connectivity index (χ0) is 14.5. The molecule has 3 aliphatic heterocycles. The van der Waals surface area contributed by atoms with Gasteiger partial charge in [0.15, 0.2) is 5.17 Å². The number of thioether (sulfide) groups is 1. The van der Waals surface area contributed by atoms with Crippen molar-refractivity contribution in [3.05, 3.63) is 0 Å². The number of aliphatic imine (C=N–C) groups is 1. The molecule has 0 bridgehead atoms. The van der Waals surface area contributed by atoms with E-state index in [1.807, 2.05) is 0 Å². The highest BCUT2D eigenvalue weighted by atomic mass is 32.2. The predicted molar refractivity (Wildman–Crippen MR) is 67.7 cm³/mol. The Morgan fingerprint density at radius 2 is 2.15 bits per heavy atom. The normalized spacial score (nSPS) is 43.5. The van der Waals surface area contributed by atoms with Crippen LogP contribution in [0.15, 0.2) is 4.99 Å². The maximum absolute atomic E-state index is 13.2. The monoisotopic (exact) mass is 310 g/mol.